The highest BCUT2D eigenvalue weighted by atomic mass is 35.5. The van der Waals surface area contributed by atoms with Crippen molar-refractivity contribution in [2.45, 2.75) is 31.1 Å². The molecule has 0 spiro atoms. The summed E-state index contributed by atoms with van der Waals surface area (Å²) >= 11 is 0. The molecule has 0 saturated heterocycles. The molecule has 4 nitrogen and oxygen atoms in total. The van der Waals surface area contributed by atoms with Crippen molar-refractivity contribution in [3.63, 3.8) is 0 Å². The summed E-state index contributed by atoms with van der Waals surface area (Å²) in [5.74, 6) is -0.153. The average Bonchev–Trinajstić information content (AvgIpc) is 3.58. The SMILES string of the molecule is CN(C)c1ccc(CNC2CC2c2ccc(NC(=O)c3cccc(C(F)(F)F)c3)cc2)cc1.Cl.Cl. The van der Waals surface area contributed by atoms with Crippen LogP contribution in [-0.2, 0) is 12.7 Å². The maximum atomic E-state index is 12.9. The molecule has 0 aliphatic heterocycles. The van der Waals surface area contributed by atoms with Crippen molar-refractivity contribution in [2.24, 2.45) is 0 Å². The van der Waals surface area contributed by atoms with Crippen LogP contribution in [0, 0.1) is 0 Å². The lowest BCUT2D eigenvalue weighted by molar-refractivity contribution is -0.137. The van der Waals surface area contributed by atoms with Gasteiger partial charge in [0.1, 0.15) is 0 Å². The number of hydrogen-bond acceptors (Lipinski definition) is 3. The predicted octanol–water partition coefficient (Wildman–Crippen LogP) is 6.51. The third-order valence-corrected chi connectivity index (χ3v) is 5.86. The molecule has 2 N–H and O–H groups in total. The van der Waals surface area contributed by atoms with E-state index in [9.17, 15) is 18.0 Å². The van der Waals surface area contributed by atoms with Crippen molar-refractivity contribution in [1.29, 1.82) is 0 Å². The lowest BCUT2D eigenvalue weighted by atomic mass is 10.1. The molecule has 2 atom stereocenters. The second kappa shape index (κ2) is 11.8. The molecule has 1 aliphatic carbocycles. The van der Waals surface area contributed by atoms with Crippen molar-refractivity contribution in [3.8, 4) is 0 Å². The van der Waals surface area contributed by atoms with Crippen molar-refractivity contribution in [2.75, 3.05) is 24.3 Å². The lowest BCUT2D eigenvalue weighted by Crippen LogP contribution is -2.17. The predicted molar refractivity (Wildman–Crippen MR) is 139 cm³/mol. The molecular weight excluding hydrogens is 498 g/mol. The fraction of sp³-hybridized carbons (Fsp3) is 0.269. The molecular formula is C26H28Cl2F3N3O. The van der Waals surface area contributed by atoms with E-state index in [1.165, 1.54) is 28.9 Å². The van der Waals surface area contributed by atoms with E-state index < -0.39 is 17.6 Å². The highest BCUT2D eigenvalue weighted by Gasteiger charge is 2.37. The van der Waals surface area contributed by atoms with Crippen LogP contribution in [0.5, 0.6) is 0 Å². The van der Waals surface area contributed by atoms with Crippen molar-refractivity contribution in [1.82, 2.24) is 5.32 Å². The standard InChI is InChI=1S/C26H26F3N3O.2ClH/c1-32(2)22-12-6-17(7-13-22)16-30-24-15-23(24)18-8-10-21(11-9-18)31-25(33)19-4-3-5-20(14-19)26(27,28)29;;/h3-14,23-24,30H,15-16H2,1-2H3,(H,31,33);2*1H. The monoisotopic (exact) mass is 525 g/mol. The van der Waals surface area contributed by atoms with Gasteiger partial charge in [-0.05, 0) is 60.0 Å². The van der Waals surface area contributed by atoms with Crippen LogP contribution in [0.4, 0.5) is 24.5 Å². The number of benzene rings is 3. The first-order chi connectivity index (χ1) is 15.7. The first-order valence-electron chi connectivity index (χ1n) is 10.8. The van der Waals surface area contributed by atoms with Crippen molar-refractivity contribution < 1.29 is 18.0 Å². The van der Waals surface area contributed by atoms with Crippen molar-refractivity contribution >= 4 is 42.1 Å². The summed E-state index contributed by atoms with van der Waals surface area (Å²) in [5.41, 5.74) is 3.26. The number of alkyl halides is 3. The van der Waals surface area contributed by atoms with Crippen LogP contribution in [0.2, 0.25) is 0 Å². The zero-order valence-electron chi connectivity index (χ0n) is 19.3. The Labute approximate surface area is 215 Å². The second-order valence-electron chi connectivity index (χ2n) is 8.55. The molecule has 3 aromatic rings. The fourth-order valence-corrected chi connectivity index (χ4v) is 3.80. The van der Waals surface area contributed by atoms with Gasteiger partial charge in [0.15, 0.2) is 0 Å². The fourth-order valence-electron chi connectivity index (χ4n) is 3.80. The largest absolute Gasteiger partial charge is 0.416 e. The highest BCUT2D eigenvalue weighted by molar-refractivity contribution is 6.04. The Balaban J connectivity index is 0.00000216. The number of anilines is 2. The van der Waals surface area contributed by atoms with Gasteiger partial charge in [-0.25, -0.2) is 0 Å². The number of nitrogens with zero attached hydrogens (tertiary/aromatic N) is 1. The van der Waals surface area contributed by atoms with Crippen molar-refractivity contribution in [3.05, 3.63) is 95.1 Å². The van der Waals surface area contributed by atoms with Crippen LogP contribution in [0.3, 0.4) is 0 Å². The molecule has 0 heterocycles. The van der Waals surface area contributed by atoms with Crippen LogP contribution >= 0.6 is 24.8 Å². The van der Waals surface area contributed by atoms with E-state index in [1.54, 1.807) is 12.1 Å². The quantitative estimate of drug-likeness (QED) is 0.369. The van der Waals surface area contributed by atoms with E-state index in [0.717, 1.165) is 25.1 Å². The number of nitrogens with one attached hydrogen (secondary N) is 2. The molecule has 1 amide bonds. The number of halogens is 5. The zero-order valence-corrected chi connectivity index (χ0v) is 20.9. The third kappa shape index (κ3) is 7.37. The van der Waals surface area contributed by atoms with E-state index in [2.05, 4.69) is 39.8 Å². The number of rotatable bonds is 7. The Morgan fingerprint density at radius 2 is 1.63 bits per heavy atom. The van der Waals surface area contributed by atoms with E-state index in [1.807, 2.05) is 26.2 Å². The van der Waals surface area contributed by atoms with Gasteiger partial charge in [0.05, 0.1) is 5.56 Å². The maximum Gasteiger partial charge on any atom is 0.416 e. The Morgan fingerprint density at radius 3 is 2.23 bits per heavy atom. The van der Waals surface area contributed by atoms with Crippen LogP contribution in [0.15, 0.2) is 72.8 Å². The lowest BCUT2D eigenvalue weighted by Gasteiger charge is -2.13. The molecule has 188 valence electrons. The summed E-state index contributed by atoms with van der Waals surface area (Å²) < 4.78 is 38.6. The second-order valence-corrected chi connectivity index (χ2v) is 8.55. The molecule has 1 fully saturated rings. The number of hydrogen-bond donors (Lipinski definition) is 2. The number of carbonyl (C=O) groups is 1. The van der Waals surface area contributed by atoms with Gasteiger partial charge in [0.2, 0.25) is 0 Å². The van der Waals surface area contributed by atoms with Gasteiger partial charge in [0, 0.05) is 49.5 Å². The normalized spacial score (nSPS) is 16.5. The van der Waals surface area contributed by atoms with Crippen LogP contribution in [0.25, 0.3) is 0 Å². The van der Waals surface area contributed by atoms with Gasteiger partial charge in [-0.3, -0.25) is 4.79 Å². The van der Waals surface area contributed by atoms with Gasteiger partial charge in [-0.2, -0.15) is 13.2 Å². The minimum absolute atomic E-state index is 0. The number of carbonyl (C=O) groups excluding carboxylic acids is 1. The first kappa shape index (κ1) is 28.5. The van der Waals surface area contributed by atoms with Crippen LogP contribution in [-0.4, -0.2) is 26.0 Å². The summed E-state index contributed by atoms with van der Waals surface area (Å²) in [6.07, 6.45) is -3.44. The minimum Gasteiger partial charge on any atom is -0.378 e. The van der Waals surface area contributed by atoms with Gasteiger partial charge >= 0.3 is 6.18 Å². The Kier molecular flexibility index (Phi) is 9.60. The Morgan fingerprint density at radius 1 is 0.971 bits per heavy atom. The van der Waals surface area contributed by atoms with Crippen LogP contribution < -0.4 is 15.5 Å². The van der Waals surface area contributed by atoms with Crippen LogP contribution in [0.1, 0.15) is 39.4 Å². The zero-order chi connectivity index (χ0) is 23.6. The van der Waals surface area contributed by atoms with E-state index in [4.69, 9.17) is 0 Å². The summed E-state index contributed by atoms with van der Waals surface area (Å²) in [7, 11) is 4.04. The average molecular weight is 526 g/mol. The smallest absolute Gasteiger partial charge is 0.378 e. The van der Waals surface area contributed by atoms with Gasteiger partial charge in [0.25, 0.3) is 5.91 Å². The topological polar surface area (TPSA) is 44.4 Å². The van der Waals surface area contributed by atoms with Gasteiger partial charge in [-0.1, -0.05) is 30.3 Å². The summed E-state index contributed by atoms with van der Waals surface area (Å²) in [4.78, 5) is 14.4. The third-order valence-electron chi connectivity index (χ3n) is 5.86. The molecule has 2 unspecified atom stereocenters. The first-order valence-corrected chi connectivity index (χ1v) is 10.8. The molecule has 0 bridgehead atoms. The molecule has 1 aliphatic rings. The van der Waals surface area contributed by atoms with E-state index in [0.29, 0.717) is 17.6 Å². The summed E-state index contributed by atoms with van der Waals surface area (Å²) in [6, 6.07) is 20.8. The molecule has 4 rings (SSSR count). The Hall–Kier alpha value is -2.74. The molecule has 0 aromatic heterocycles. The van der Waals surface area contributed by atoms with Gasteiger partial charge < -0.3 is 15.5 Å². The molecule has 0 radical (unpaired) electrons. The van der Waals surface area contributed by atoms with E-state index >= 15 is 0 Å². The number of amides is 1. The minimum atomic E-state index is -4.48. The summed E-state index contributed by atoms with van der Waals surface area (Å²) in [6.45, 7) is 0.806. The molecule has 9 heteroatoms. The molecule has 3 aromatic carbocycles. The Bertz CT molecular complexity index is 1120. The summed E-state index contributed by atoms with van der Waals surface area (Å²) in [5, 5.41) is 6.25. The van der Waals surface area contributed by atoms with E-state index in [-0.39, 0.29) is 30.4 Å². The maximum absolute atomic E-state index is 12.9. The van der Waals surface area contributed by atoms with Gasteiger partial charge in [-0.15, -0.1) is 24.8 Å². The molecule has 1 saturated carbocycles. The highest BCUT2D eigenvalue weighted by Crippen LogP contribution is 2.41. The molecule has 35 heavy (non-hydrogen) atoms.